The Morgan fingerprint density at radius 3 is 3.06 bits per heavy atom. The molecule has 2 nitrogen and oxygen atoms in total. The molecule has 0 bridgehead atoms. The molecule has 1 aliphatic rings. The number of piperidine rings is 1. The summed E-state index contributed by atoms with van der Waals surface area (Å²) in [5, 5.41) is 0. The Kier molecular flexibility index (Phi) is 4.21. The van der Waals surface area contributed by atoms with Gasteiger partial charge in [0.25, 0.3) is 0 Å². The second-order valence-electron chi connectivity index (χ2n) is 4.68. The average molecular weight is 296 g/mol. The van der Waals surface area contributed by atoms with E-state index in [1.807, 2.05) is 12.1 Å². The molecular formula is C14H18BrNO. The van der Waals surface area contributed by atoms with Crippen LogP contribution in [0.25, 0.3) is 0 Å². The molecule has 1 saturated heterocycles. The molecular weight excluding hydrogens is 278 g/mol. The van der Waals surface area contributed by atoms with Crippen LogP contribution in [-0.2, 0) is 0 Å². The van der Waals surface area contributed by atoms with Gasteiger partial charge in [-0.2, -0.15) is 0 Å². The van der Waals surface area contributed by atoms with E-state index >= 15 is 0 Å². The minimum Gasteiger partial charge on any atom is -0.371 e. The Morgan fingerprint density at radius 1 is 1.53 bits per heavy atom. The first kappa shape index (κ1) is 12.6. The van der Waals surface area contributed by atoms with E-state index in [4.69, 9.17) is 0 Å². The fourth-order valence-corrected chi connectivity index (χ4v) is 2.86. The van der Waals surface area contributed by atoms with Crippen LogP contribution >= 0.6 is 15.9 Å². The Balaban J connectivity index is 2.25. The van der Waals surface area contributed by atoms with Gasteiger partial charge in [0.05, 0.1) is 0 Å². The van der Waals surface area contributed by atoms with E-state index in [0.29, 0.717) is 0 Å². The van der Waals surface area contributed by atoms with Gasteiger partial charge in [0.15, 0.2) is 6.29 Å². The first-order valence-corrected chi connectivity index (χ1v) is 7.03. The third-order valence-corrected chi connectivity index (χ3v) is 4.05. The van der Waals surface area contributed by atoms with E-state index < -0.39 is 0 Å². The van der Waals surface area contributed by atoms with Gasteiger partial charge in [-0.15, -0.1) is 0 Å². The maximum atomic E-state index is 11.1. The summed E-state index contributed by atoms with van der Waals surface area (Å²) < 4.78 is 1.04. The zero-order chi connectivity index (χ0) is 12.3. The summed E-state index contributed by atoms with van der Waals surface area (Å²) in [6.07, 6.45) is 4.72. The molecule has 1 fully saturated rings. The van der Waals surface area contributed by atoms with Gasteiger partial charge in [0, 0.05) is 28.8 Å². The largest absolute Gasteiger partial charge is 0.371 e. The van der Waals surface area contributed by atoms with Gasteiger partial charge in [-0.1, -0.05) is 29.3 Å². The number of rotatable bonds is 3. The Morgan fingerprint density at radius 2 is 2.35 bits per heavy atom. The molecule has 3 heteroatoms. The van der Waals surface area contributed by atoms with Gasteiger partial charge in [-0.05, 0) is 37.0 Å². The van der Waals surface area contributed by atoms with Crippen molar-refractivity contribution in [2.75, 3.05) is 18.0 Å². The van der Waals surface area contributed by atoms with Crippen molar-refractivity contribution in [3.63, 3.8) is 0 Å². The molecule has 1 aromatic rings. The third-order valence-electron chi connectivity index (χ3n) is 3.56. The number of aldehydes is 1. The molecule has 1 heterocycles. The number of benzene rings is 1. The summed E-state index contributed by atoms with van der Waals surface area (Å²) >= 11 is 3.48. The predicted octanol–water partition coefficient (Wildman–Crippen LogP) is 3.89. The molecule has 0 N–H and O–H groups in total. The van der Waals surface area contributed by atoms with Crippen LogP contribution in [0, 0.1) is 5.92 Å². The van der Waals surface area contributed by atoms with E-state index in [1.165, 1.54) is 19.3 Å². The molecule has 17 heavy (non-hydrogen) atoms. The van der Waals surface area contributed by atoms with Crippen molar-refractivity contribution >= 4 is 27.9 Å². The molecule has 0 spiro atoms. The first-order valence-electron chi connectivity index (χ1n) is 6.24. The van der Waals surface area contributed by atoms with Gasteiger partial charge in [0.2, 0.25) is 0 Å². The van der Waals surface area contributed by atoms with Crippen molar-refractivity contribution in [3.05, 3.63) is 28.2 Å². The highest BCUT2D eigenvalue weighted by atomic mass is 79.9. The Hall–Kier alpha value is -0.830. The fraction of sp³-hybridized carbons (Fsp3) is 0.500. The lowest BCUT2D eigenvalue weighted by Gasteiger charge is -2.34. The smallest absolute Gasteiger partial charge is 0.152 e. The zero-order valence-corrected chi connectivity index (χ0v) is 11.7. The number of nitrogens with zero attached hydrogens (tertiary/aromatic N) is 1. The van der Waals surface area contributed by atoms with E-state index in [-0.39, 0.29) is 0 Å². The van der Waals surface area contributed by atoms with Crippen LogP contribution in [-0.4, -0.2) is 19.4 Å². The van der Waals surface area contributed by atoms with Crippen molar-refractivity contribution in [2.24, 2.45) is 5.92 Å². The molecule has 0 radical (unpaired) electrons. The highest BCUT2D eigenvalue weighted by Crippen LogP contribution is 2.29. The average Bonchev–Trinajstić information content (AvgIpc) is 2.39. The van der Waals surface area contributed by atoms with Crippen LogP contribution in [0.3, 0.4) is 0 Å². The molecule has 0 aliphatic carbocycles. The number of hydrogen-bond acceptors (Lipinski definition) is 2. The van der Waals surface area contributed by atoms with Crippen LogP contribution in [0.1, 0.15) is 36.5 Å². The molecule has 2 rings (SSSR count). The molecule has 1 atom stereocenters. The van der Waals surface area contributed by atoms with Gasteiger partial charge >= 0.3 is 0 Å². The van der Waals surface area contributed by atoms with Gasteiger partial charge in [0.1, 0.15) is 0 Å². The number of halogens is 1. The number of carbonyl (C=O) groups excluding carboxylic acids is 1. The van der Waals surface area contributed by atoms with Crippen LogP contribution in [0.5, 0.6) is 0 Å². The van der Waals surface area contributed by atoms with E-state index in [9.17, 15) is 4.79 Å². The van der Waals surface area contributed by atoms with Gasteiger partial charge in [-0.3, -0.25) is 4.79 Å². The molecule has 0 saturated carbocycles. The van der Waals surface area contributed by atoms with Crippen molar-refractivity contribution in [2.45, 2.75) is 26.2 Å². The van der Waals surface area contributed by atoms with Gasteiger partial charge in [-0.25, -0.2) is 0 Å². The second-order valence-corrected chi connectivity index (χ2v) is 5.60. The Bertz CT molecular complexity index is 405. The lowest BCUT2D eigenvalue weighted by Crippen LogP contribution is -2.35. The molecule has 1 aromatic carbocycles. The lowest BCUT2D eigenvalue weighted by molar-refractivity contribution is 0.112. The van der Waals surface area contributed by atoms with Crippen LogP contribution in [0.4, 0.5) is 5.69 Å². The number of anilines is 1. The van der Waals surface area contributed by atoms with E-state index in [2.05, 4.69) is 33.8 Å². The quantitative estimate of drug-likeness (QED) is 0.789. The summed E-state index contributed by atoms with van der Waals surface area (Å²) in [4.78, 5) is 13.4. The second kappa shape index (κ2) is 5.67. The highest BCUT2D eigenvalue weighted by molar-refractivity contribution is 9.10. The molecule has 92 valence electrons. The van der Waals surface area contributed by atoms with Crippen LogP contribution in [0.2, 0.25) is 0 Å². The SMILES string of the molecule is CCC1CCCN(c2cc(Br)ccc2C=O)C1. The maximum Gasteiger partial charge on any atom is 0.152 e. The standard InChI is InChI=1S/C14H18BrNO/c1-2-11-4-3-7-16(9-11)14-8-13(15)6-5-12(14)10-17/h5-6,8,10-11H,2-4,7,9H2,1H3. The van der Waals surface area contributed by atoms with Gasteiger partial charge < -0.3 is 4.90 Å². The molecule has 1 unspecified atom stereocenters. The molecule has 0 amide bonds. The van der Waals surface area contributed by atoms with Crippen molar-refractivity contribution in [1.82, 2.24) is 0 Å². The molecule has 1 aliphatic heterocycles. The summed E-state index contributed by atoms with van der Waals surface area (Å²) in [7, 11) is 0. The minimum atomic E-state index is 0.766. The van der Waals surface area contributed by atoms with E-state index in [1.54, 1.807) is 0 Å². The summed E-state index contributed by atoms with van der Waals surface area (Å²) in [5.41, 5.74) is 1.87. The normalized spacial score (nSPS) is 20.4. The zero-order valence-electron chi connectivity index (χ0n) is 10.2. The van der Waals surface area contributed by atoms with Crippen molar-refractivity contribution in [1.29, 1.82) is 0 Å². The number of hydrogen-bond donors (Lipinski definition) is 0. The lowest BCUT2D eigenvalue weighted by atomic mass is 9.95. The maximum absolute atomic E-state index is 11.1. The monoisotopic (exact) mass is 295 g/mol. The molecule has 0 aromatic heterocycles. The van der Waals surface area contributed by atoms with Crippen LogP contribution < -0.4 is 4.90 Å². The highest BCUT2D eigenvalue weighted by Gasteiger charge is 2.20. The first-order chi connectivity index (χ1) is 8.24. The van der Waals surface area contributed by atoms with E-state index in [0.717, 1.165) is 41.0 Å². The summed E-state index contributed by atoms with van der Waals surface area (Å²) in [6.45, 7) is 4.39. The van der Waals surface area contributed by atoms with Crippen molar-refractivity contribution in [3.8, 4) is 0 Å². The summed E-state index contributed by atoms with van der Waals surface area (Å²) in [6, 6.07) is 5.87. The summed E-state index contributed by atoms with van der Waals surface area (Å²) in [5.74, 6) is 0.766. The Labute approximate surface area is 111 Å². The minimum absolute atomic E-state index is 0.766. The van der Waals surface area contributed by atoms with Crippen molar-refractivity contribution < 1.29 is 4.79 Å². The fourth-order valence-electron chi connectivity index (χ4n) is 2.51. The predicted molar refractivity (Wildman–Crippen MR) is 74.8 cm³/mol. The topological polar surface area (TPSA) is 20.3 Å². The van der Waals surface area contributed by atoms with Crippen LogP contribution in [0.15, 0.2) is 22.7 Å². The number of carbonyl (C=O) groups is 1. The third kappa shape index (κ3) is 2.89.